The molecule has 1 heterocycles. The van der Waals surface area contributed by atoms with Crippen molar-refractivity contribution in [3.8, 4) is 0 Å². The molecule has 114 valence electrons. The lowest BCUT2D eigenvalue weighted by molar-refractivity contribution is 1.49. The molecule has 0 radical (unpaired) electrons. The highest BCUT2D eigenvalue weighted by Gasteiger charge is 2.11. The van der Waals surface area contributed by atoms with Crippen LogP contribution in [0, 0.1) is 0 Å². The normalized spacial score (nSPS) is 11.7. The fraction of sp³-hybridized carbons (Fsp3) is 0. The van der Waals surface area contributed by atoms with Crippen LogP contribution in [0.4, 0.5) is 0 Å². The SMILES string of the molecule is O=c1c2cc(Cl)ccc2[nH]c2ccc3c4ccccc4ccc3c12. The molecular formula is C21H12ClNO. The van der Waals surface area contributed by atoms with Gasteiger partial charge < -0.3 is 4.98 Å². The fourth-order valence-corrected chi connectivity index (χ4v) is 3.70. The van der Waals surface area contributed by atoms with Crippen molar-refractivity contribution in [1.82, 2.24) is 4.98 Å². The van der Waals surface area contributed by atoms with Gasteiger partial charge in [-0.25, -0.2) is 0 Å². The molecule has 5 rings (SSSR count). The van der Waals surface area contributed by atoms with Crippen molar-refractivity contribution in [2.75, 3.05) is 0 Å². The first-order valence-electron chi connectivity index (χ1n) is 7.78. The first-order chi connectivity index (χ1) is 11.7. The molecule has 0 bridgehead atoms. The first kappa shape index (κ1) is 13.6. The lowest BCUT2D eigenvalue weighted by Crippen LogP contribution is -2.04. The Kier molecular flexibility index (Phi) is 2.73. The molecule has 0 saturated heterocycles. The van der Waals surface area contributed by atoms with E-state index in [4.69, 9.17) is 11.6 Å². The Balaban J connectivity index is 2.07. The number of aromatic amines is 1. The molecule has 1 N–H and O–H groups in total. The smallest absolute Gasteiger partial charge is 0.197 e. The molecular weight excluding hydrogens is 318 g/mol. The van der Waals surface area contributed by atoms with E-state index in [0.29, 0.717) is 15.8 Å². The molecule has 3 heteroatoms. The second-order valence-corrected chi connectivity index (χ2v) is 6.45. The van der Waals surface area contributed by atoms with Gasteiger partial charge in [0.05, 0.1) is 10.9 Å². The van der Waals surface area contributed by atoms with Crippen molar-refractivity contribution in [2.24, 2.45) is 0 Å². The van der Waals surface area contributed by atoms with Gasteiger partial charge in [-0.15, -0.1) is 0 Å². The number of benzene rings is 4. The van der Waals surface area contributed by atoms with Crippen molar-refractivity contribution in [2.45, 2.75) is 0 Å². The summed E-state index contributed by atoms with van der Waals surface area (Å²) in [4.78, 5) is 16.5. The molecule has 1 aromatic heterocycles. The van der Waals surface area contributed by atoms with E-state index >= 15 is 0 Å². The highest BCUT2D eigenvalue weighted by molar-refractivity contribution is 6.31. The summed E-state index contributed by atoms with van der Waals surface area (Å²) < 4.78 is 0. The van der Waals surface area contributed by atoms with Crippen molar-refractivity contribution >= 4 is 55.0 Å². The minimum Gasteiger partial charge on any atom is -0.354 e. The van der Waals surface area contributed by atoms with Gasteiger partial charge in [0.1, 0.15) is 0 Å². The predicted octanol–water partition coefficient (Wildman–Crippen LogP) is 5.64. The average Bonchev–Trinajstić information content (AvgIpc) is 2.61. The Bertz CT molecular complexity index is 1330. The van der Waals surface area contributed by atoms with E-state index in [1.54, 1.807) is 12.1 Å². The zero-order valence-corrected chi connectivity index (χ0v) is 13.4. The second-order valence-electron chi connectivity index (χ2n) is 6.01. The van der Waals surface area contributed by atoms with Crippen LogP contribution in [-0.2, 0) is 0 Å². The molecule has 0 fully saturated rings. The standard InChI is InChI=1S/C21H12ClNO/c22-13-6-9-18-17(11-13)21(24)20-16-7-5-12-3-1-2-4-14(12)15(16)8-10-19(20)23-18/h1-11H,(H,23,24). The second kappa shape index (κ2) is 4.83. The van der Waals surface area contributed by atoms with E-state index in [9.17, 15) is 4.79 Å². The Labute approximate surface area is 142 Å². The van der Waals surface area contributed by atoms with Crippen molar-refractivity contribution in [3.63, 3.8) is 0 Å². The Morgan fingerprint density at radius 1 is 0.708 bits per heavy atom. The summed E-state index contributed by atoms with van der Waals surface area (Å²) in [5, 5.41) is 6.29. The van der Waals surface area contributed by atoms with E-state index in [2.05, 4.69) is 29.2 Å². The zero-order valence-electron chi connectivity index (χ0n) is 12.6. The number of nitrogens with one attached hydrogen (secondary N) is 1. The van der Waals surface area contributed by atoms with Crippen molar-refractivity contribution < 1.29 is 0 Å². The van der Waals surface area contributed by atoms with Crippen LogP contribution in [0.1, 0.15) is 0 Å². The molecule has 24 heavy (non-hydrogen) atoms. The maximum absolute atomic E-state index is 13.1. The third-order valence-corrected chi connectivity index (χ3v) is 4.88. The molecule has 0 spiro atoms. The highest BCUT2D eigenvalue weighted by Crippen LogP contribution is 2.30. The molecule has 2 nitrogen and oxygen atoms in total. The Hall–Kier alpha value is -2.84. The van der Waals surface area contributed by atoms with Crippen LogP contribution in [-0.4, -0.2) is 4.98 Å². The van der Waals surface area contributed by atoms with Crippen LogP contribution in [0.3, 0.4) is 0 Å². The van der Waals surface area contributed by atoms with Gasteiger partial charge in [-0.3, -0.25) is 4.79 Å². The molecule has 0 amide bonds. The van der Waals surface area contributed by atoms with Gasteiger partial charge in [-0.2, -0.15) is 0 Å². The Morgan fingerprint density at radius 2 is 1.50 bits per heavy atom. The van der Waals surface area contributed by atoms with E-state index in [0.717, 1.165) is 27.2 Å². The van der Waals surface area contributed by atoms with Crippen LogP contribution in [0.5, 0.6) is 0 Å². The lowest BCUT2D eigenvalue weighted by Gasteiger charge is -2.09. The van der Waals surface area contributed by atoms with Gasteiger partial charge >= 0.3 is 0 Å². The van der Waals surface area contributed by atoms with Gasteiger partial charge in [0.2, 0.25) is 0 Å². The maximum Gasteiger partial charge on any atom is 0.197 e. The molecule has 0 atom stereocenters. The predicted molar refractivity (Wildman–Crippen MR) is 102 cm³/mol. The molecule has 0 unspecified atom stereocenters. The van der Waals surface area contributed by atoms with Gasteiger partial charge in [-0.05, 0) is 45.8 Å². The minimum atomic E-state index is 0.0159. The quantitative estimate of drug-likeness (QED) is 0.289. The monoisotopic (exact) mass is 329 g/mol. The van der Waals surface area contributed by atoms with Crippen LogP contribution in [0.15, 0.2) is 71.5 Å². The Morgan fingerprint density at radius 3 is 2.42 bits per heavy atom. The van der Waals surface area contributed by atoms with E-state index in [1.807, 2.05) is 30.3 Å². The van der Waals surface area contributed by atoms with Crippen LogP contribution < -0.4 is 5.43 Å². The van der Waals surface area contributed by atoms with Crippen LogP contribution >= 0.6 is 11.6 Å². The number of rotatable bonds is 0. The van der Waals surface area contributed by atoms with E-state index in [-0.39, 0.29) is 5.43 Å². The lowest BCUT2D eigenvalue weighted by atomic mass is 9.98. The van der Waals surface area contributed by atoms with Gasteiger partial charge in [0.15, 0.2) is 5.43 Å². The average molecular weight is 330 g/mol. The summed E-state index contributed by atoms with van der Waals surface area (Å²) in [6.07, 6.45) is 0. The topological polar surface area (TPSA) is 32.9 Å². The van der Waals surface area contributed by atoms with E-state index in [1.165, 1.54) is 5.39 Å². The summed E-state index contributed by atoms with van der Waals surface area (Å²) in [6.45, 7) is 0. The third-order valence-electron chi connectivity index (χ3n) is 4.65. The molecule has 4 aromatic carbocycles. The molecule has 0 aliphatic carbocycles. The minimum absolute atomic E-state index is 0.0159. The summed E-state index contributed by atoms with van der Waals surface area (Å²) in [5.41, 5.74) is 1.66. The summed E-state index contributed by atoms with van der Waals surface area (Å²) >= 11 is 6.09. The largest absolute Gasteiger partial charge is 0.354 e. The zero-order chi connectivity index (χ0) is 16.3. The molecule has 0 aliphatic heterocycles. The number of hydrogen-bond acceptors (Lipinski definition) is 1. The number of aromatic nitrogens is 1. The van der Waals surface area contributed by atoms with Crippen LogP contribution in [0.25, 0.3) is 43.4 Å². The summed E-state index contributed by atoms with van der Waals surface area (Å²) in [7, 11) is 0. The van der Waals surface area contributed by atoms with Crippen molar-refractivity contribution in [1.29, 1.82) is 0 Å². The maximum atomic E-state index is 13.1. The third kappa shape index (κ3) is 1.81. The number of halogens is 1. The van der Waals surface area contributed by atoms with E-state index < -0.39 is 0 Å². The number of H-pyrrole nitrogens is 1. The molecule has 0 saturated carbocycles. The number of fused-ring (bicyclic) bond motifs is 6. The fourth-order valence-electron chi connectivity index (χ4n) is 3.53. The number of hydrogen-bond donors (Lipinski definition) is 1. The van der Waals surface area contributed by atoms with Crippen molar-refractivity contribution in [3.05, 3.63) is 82.0 Å². The number of pyridine rings is 1. The highest BCUT2D eigenvalue weighted by atomic mass is 35.5. The van der Waals surface area contributed by atoms with Gasteiger partial charge in [-0.1, -0.05) is 54.1 Å². The van der Waals surface area contributed by atoms with Crippen LogP contribution in [0.2, 0.25) is 5.02 Å². The van der Waals surface area contributed by atoms with Gasteiger partial charge in [0.25, 0.3) is 0 Å². The van der Waals surface area contributed by atoms with Gasteiger partial charge in [0, 0.05) is 15.9 Å². The molecule has 5 aromatic rings. The summed E-state index contributed by atoms with van der Waals surface area (Å²) in [5.74, 6) is 0. The summed E-state index contributed by atoms with van der Waals surface area (Å²) in [6, 6.07) is 21.8. The first-order valence-corrected chi connectivity index (χ1v) is 8.16. The molecule has 0 aliphatic rings.